The molecule has 0 N–H and O–H groups in total. The second-order valence-electron chi connectivity index (χ2n) is 9.31. The van der Waals surface area contributed by atoms with Gasteiger partial charge in [0, 0.05) is 33.2 Å². The molecule has 1 aromatic carbocycles. The first-order chi connectivity index (χ1) is 16.0. The van der Waals surface area contributed by atoms with E-state index in [1.807, 2.05) is 37.3 Å². The lowest BCUT2D eigenvalue weighted by atomic mass is 9.89. The van der Waals surface area contributed by atoms with Crippen LogP contribution in [0.2, 0.25) is 0 Å². The fraction of sp³-hybridized carbons (Fsp3) is 0.379. The maximum Gasteiger partial charge on any atom is 0.165 e. The first-order valence-corrected chi connectivity index (χ1v) is 11.9. The Balaban J connectivity index is 0.00000216. The van der Waals surface area contributed by atoms with Gasteiger partial charge >= 0.3 is 0 Å². The van der Waals surface area contributed by atoms with Crippen molar-refractivity contribution in [2.24, 2.45) is 11.3 Å². The first kappa shape index (κ1) is 26.0. The lowest BCUT2D eigenvalue weighted by Gasteiger charge is -2.17. The van der Waals surface area contributed by atoms with Crippen LogP contribution in [0.4, 0.5) is 0 Å². The molecular weight excluding hydrogens is 535 g/mol. The van der Waals surface area contributed by atoms with Crippen LogP contribution < -0.4 is 0 Å². The first-order valence-electron chi connectivity index (χ1n) is 11.9. The monoisotopic (exact) mass is 570 g/mol. The molecule has 1 fully saturated rings. The number of aryl methyl sites for hydroxylation is 1. The Morgan fingerprint density at radius 3 is 2.76 bits per heavy atom. The van der Waals surface area contributed by atoms with Gasteiger partial charge < -0.3 is 0 Å². The standard InChI is InChI=1S/C29H30N2O2.HI.2H2/c1-3-23(32)12-15-28(33)25-13-14-27(24-8-5-4-7-21(24)19-30)31-26(25)9-6-16-29-17-20(2)10-11-22(29)18-29;;;/h4-5,7-8,10-11,13-14,17,22H,3,6,9,12,15-16,18H2,1-2H3;3*1H. The highest BCUT2D eigenvalue weighted by atomic mass is 127. The summed E-state index contributed by atoms with van der Waals surface area (Å²) in [5.41, 5.74) is 5.04. The van der Waals surface area contributed by atoms with Crippen molar-refractivity contribution in [3.8, 4) is 17.3 Å². The topological polar surface area (TPSA) is 70.8 Å². The summed E-state index contributed by atoms with van der Waals surface area (Å²) in [6.45, 7) is 3.97. The summed E-state index contributed by atoms with van der Waals surface area (Å²) >= 11 is 0. The Morgan fingerprint density at radius 1 is 1.21 bits per heavy atom. The SMILES string of the molecule is CCC(=O)CCC(=O)c1ccc(-c2ccccc2C#N)nc1CCCC12C=C(C)C=CC1C2.I.[HH].[HH]. The van der Waals surface area contributed by atoms with Gasteiger partial charge in [0.1, 0.15) is 5.78 Å². The summed E-state index contributed by atoms with van der Waals surface area (Å²) < 4.78 is 0. The normalized spacial score (nSPS) is 19.9. The van der Waals surface area contributed by atoms with Gasteiger partial charge in [-0.15, -0.1) is 24.0 Å². The molecule has 0 bridgehead atoms. The van der Waals surface area contributed by atoms with E-state index in [1.54, 1.807) is 6.07 Å². The summed E-state index contributed by atoms with van der Waals surface area (Å²) in [4.78, 5) is 29.6. The van der Waals surface area contributed by atoms with Crippen molar-refractivity contribution in [2.45, 2.75) is 58.8 Å². The van der Waals surface area contributed by atoms with E-state index >= 15 is 0 Å². The summed E-state index contributed by atoms with van der Waals surface area (Å²) in [5, 5.41) is 9.50. The molecule has 0 saturated heterocycles. The zero-order valence-corrected chi connectivity index (χ0v) is 22.2. The molecular formula is C29H35IN2O2. The number of carbonyl (C=O) groups excluding carboxylic acids is 2. The van der Waals surface area contributed by atoms with E-state index in [0.717, 1.165) is 24.1 Å². The van der Waals surface area contributed by atoms with Crippen LogP contribution in [0.1, 0.15) is 76.8 Å². The summed E-state index contributed by atoms with van der Waals surface area (Å²) in [6.07, 6.45) is 11.8. The minimum Gasteiger partial charge on any atom is -0.300 e. The molecule has 4 rings (SSSR count). The summed E-state index contributed by atoms with van der Waals surface area (Å²) in [6, 6.07) is 13.3. The number of benzene rings is 1. The van der Waals surface area contributed by atoms with Gasteiger partial charge in [-0.05, 0) is 62.1 Å². The van der Waals surface area contributed by atoms with E-state index in [1.165, 1.54) is 12.0 Å². The van der Waals surface area contributed by atoms with Gasteiger partial charge in [-0.2, -0.15) is 5.26 Å². The van der Waals surface area contributed by atoms with Crippen LogP contribution in [-0.2, 0) is 11.2 Å². The van der Waals surface area contributed by atoms with Gasteiger partial charge in [-0.3, -0.25) is 14.6 Å². The molecule has 4 nitrogen and oxygen atoms in total. The van der Waals surface area contributed by atoms with Crippen LogP contribution in [-0.4, -0.2) is 16.6 Å². The summed E-state index contributed by atoms with van der Waals surface area (Å²) in [5.74, 6) is 0.714. The van der Waals surface area contributed by atoms with Gasteiger partial charge in [0.15, 0.2) is 5.78 Å². The lowest BCUT2D eigenvalue weighted by Crippen LogP contribution is -2.10. The Labute approximate surface area is 222 Å². The number of hydrogen-bond donors (Lipinski definition) is 0. The van der Waals surface area contributed by atoms with Crippen LogP contribution in [0.3, 0.4) is 0 Å². The minimum atomic E-state index is -0.0294. The minimum absolute atomic E-state index is 0. The highest BCUT2D eigenvalue weighted by Crippen LogP contribution is 2.60. The molecule has 0 radical (unpaired) electrons. The van der Waals surface area contributed by atoms with Gasteiger partial charge in [0.05, 0.1) is 23.0 Å². The third-order valence-electron chi connectivity index (χ3n) is 6.96. The fourth-order valence-corrected chi connectivity index (χ4v) is 4.95. The number of fused-ring (bicyclic) bond motifs is 1. The molecule has 180 valence electrons. The molecule has 1 aromatic heterocycles. The zero-order valence-electron chi connectivity index (χ0n) is 19.8. The number of carbonyl (C=O) groups is 2. The van der Waals surface area contributed by atoms with E-state index in [2.05, 4.69) is 31.2 Å². The third-order valence-corrected chi connectivity index (χ3v) is 6.96. The van der Waals surface area contributed by atoms with Gasteiger partial charge in [0.2, 0.25) is 0 Å². The fourth-order valence-electron chi connectivity index (χ4n) is 4.95. The Morgan fingerprint density at radius 2 is 2.00 bits per heavy atom. The average molecular weight is 571 g/mol. The molecule has 0 amide bonds. The zero-order chi connectivity index (χ0) is 23.4. The van der Waals surface area contributed by atoms with Crippen molar-refractivity contribution in [1.29, 1.82) is 5.26 Å². The van der Waals surface area contributed by atoms with E-state index in [0.29, 0.717) is 35.6 Å². The molecule has 2 aliphatic carbocycles. The molecule has 2 aliphatic rings. The molecule has 2 unspecified atom stereocenters. The third kappa shape index (κ3) is 5.72. The Kier molecular flexibility index (Phi) is 8.59. The lowest BCUT2D eigenvalue weighted by molar-refractivity contribution is -0.118. The average Bonchev–Trinajstić information content (AvgIpc) is 3.55. The van der Waals surface area contributed by atoms with Gasteiger partial charge in [-0.1, -0.05) is 48.9 Å². The maximum atomic E-state index is 13.0. The largest absolute Gasteiger partial charge is 0.300 e. The number of allylic oxidation sites excluding steroid dienone is 4. The van der Waals surface area contributed by atoms with Gasteiger partial charge in [0.25, 0.3) is 0 Å². The predicted octanol–water partition coefficient (Wildman–Crippen LogP) is 7.52. The molecule has 0 aliphatic heterocycles. The number of Topliss-reactive ketones (excluding diaryl/α,β-unsaturated/α-hetero) is 2. The molecule has 2 atom stereocenters. The van der Waals surface area contributed by atoms with Crippen molar-refractivity contribution >= 4 is 35.5 Å². The molecule has 5 heteroatoms. The number of ketones is 2. The highest BCUT2D eigenvalue weighted by molar-refractivity contribution is 14.0. The van der Waals surface area contributed by atoms with Crippen molar-refractivity contribution in [3.05, 3.63) is 77.0 Å². The second-order valence-corrected chi connectivity index (χ2v) is 9.31. The van der Waals surface area contributed by atoms with Crippen molar-refractivity contribution in [3.63, 3.8) is 0 Å². The Hall–Kier alpha value is -2.59. The highest BCUT2D eigenvalue weighted by Gasteiger charge is 2.50. The molecule has 2 aromatic rings. The summed E-state index contributed by atoms with van der Waals surface area (Å²) in [7, 11) is 0. The number of pyridine rings is 1. The van der Waals surface area contributed by atoms with Crippen LogP contribution in [0.25, 0.3) is 11.3 Å². The number of nitriles is 1. The number of rotatable bonds is 10. The van der Waals surface area contributed by atoms with E-state index < -0.39 is 0 Å². The number of aromatic nitrogens is 1. The number of nitrogens with zero attached hydrogens (tertiary/aromatic N) is 2. The molecule has 34 heavy (non-hydrogen) atoms. The van der Waals surface area contributed by atoms with Crippen molar-refractivity contribution in [2.75, 3.05) is 0 Å². The van der Waals surface area contributed by atoms with Gasteiger partial charge in [-0.25, -0.2) is 0 Å². The molecule has 0 spiro atoms. The van der Waals surface area contributed by atoms with Crippen LogP contribution in [0.15, 0.2) is 60.2 Å². The van der Waals surface area contributed by atoms with E-state index in [4.69, 9.17) is 4.98 Å². The van der Waals surface area contributed by atoms with Crippen molar-refractivity contribution < 1.29 is 12.4 Å². The van der Waals surface area contributed by atoms with Crippen LogP contribution in [0, 0.1) is 22.7 Å². The van der Waals surface area contributed by atoms with E-state index in [9.17, 15) is 14.9 Å². The van der Waals surface area contributed by atoms with Crippen LogP contribution in [0.5, 0.6) is 0 Å². The second kappa shape index (κ2) is 11.2. The number of halogens is 1. The number of hydrogen-bond acceptors (Lipinski definition) is 4. The van der Waals surface area contributed by atoms with Crippen molar-refractivity contribution in [1.82, 2.24) is 4.98 Å². The van der Waals surface area contributed by atoms with Crippen LogP contribution >= 0.6 is 24.0 Å². The molecule has 1 saturated carbocycles. The van der Waals surface area contributed by atoms with E-state index in [-0.39, 0.29) is 56.7 Å². The molecule has 1 heterocycles. The Bertz CT molecular complexity index is 1200. The quantitative estimate of drug-likeness (QED) is 0.219. The maximum absolute atomic E-state index is 13.0. The predicted molar refractivity (Wildman–Crippen MR) is 149 cm³/mol. The smallest absolute Gasteiger partial charge is 0.165 e.